The normalized spacial score (nSPS) is 17.4. The van der Waals surface area contributed by atoms with Crippen molar-refractivity contribution in [1.82, 2.24) is 0 Å². The number of benzene rings is 1. The Hall–Kier alpha value is -0.700. The molecule has 0 saturated heterocycles. The van der Waals surface area contributed by atoms with Crippen molar-refractivity contribution in [3.8, 4) is 0 Å². The summed E-state index contributed by atoms with van der Waals surface area (Å²) in [7, 11) is 0. The third-order valence-corrected chi connectivity index (χ3v) is 3.66. The molecule has 16 heavy (non-hydrogen) atoms. The van der Waals surface area contributed by atoms with E-state index in [1.807, 2.05) is 0 Å². The predicted molar refractivity (Wildman–Crippen MR) is 65.0 cm³/mol. The van der Waals surface area contributed by atoms with E-state index < -0.39 is 5.82 Å². The zero-order valence-electron chi connectivity index (χ0n) is 9.01. The number of hydrogen-bond donors (Lipinski definition) is 0. The van der Waals surface area contributed by atoms with Crippen molar-refractivity contribution >= 4 is 21.7 Å². The molecule has 0 amide bonds. The zero-order valence-corrected chi connectivity index (χ0v) is 10.6. The first kappa shape index (κ1) is 11.8. The first-order valence-corrected chi connectivity index (χ1v) is 6.47. The van der Waals surface area contributed by atoms with Gasteiger partial charge in [0.1, 0.15) is 5.82 Å². The Labute approximate surface area is 103 Å². The summed E-state index contributed by atoms with van der Waals surface area (Å²) in [4.78, 5) is 12.1. The molecule has 1 saturated carbocycles. The lowest BCUT2D eigenvalue weighted by Crippen LogP contribution is -2.19. The summed E-state index contributed by atoms with van der Waals surface area (Å²) >= 11 is 3.27. The Kier molecular flexibility index (Phi) is 3.74. The van der Waals surface area contributed by atoms with Gasteiger partial charge in [-0.05, 0) is 31.0 Å². The lowest BCUT2D eigenvalue weighted by Gasteiger charge is -2.20. The van der Waals surface area contributed by atoms with Crippen LogP contribution in [0.5, 0.6) is 0 Å². The Morgan fingerprint density at radius 2 is 1.94 bits per heavy atom. The van der Waals surface area contributed by atoms with E-state index in [9.17, 15) is 9.18 Å². The highest BCUT2D eigenvalue weighted by Crippen LogP contribution is 2.28. The van der Waals surface area contributed by atoms with E-state index in [1.165, 1.54) is 12.5 Å². The molecule has 0 spiro atoms. The Morgan fingerprint density at radius 3 is 2.62 bits per heavy atom. The second-order valence-corrected chi connectivity index (χ2v) is 5.24. The van der Waals surface area contributed by atoms with Crippen LogP contribution < -0.4 is 0 Å². The van der Waals surface area contributed by atoms with E-state index in [4.69, 9.17) is 0 Å². The van der Waals surface area contributed by atoms with Gasteiger partial charge >= 0.3 is 0 Å². The zero-order chi connectivity index (χ0) is 11.5. The number of carbonyl (C=O) groups excluding carboxylic acids is 1. The number of hydrogen-bond acceptors (Lipinski definition) is 1. The summed E-state index contributed by atoms with van der Waals surface area (Å²) in [5.41, 5.74) is 0.237. The minimum Gasteiger partial charge on any atom is -0.294 e. The van der Waals surface area contributed by atoms with Gasteiger partial charge in [0.25, 0.3) is 0 Å². The molecule has 1 nitrogen and oxygen atoms in total. The van der Waals surface area contributed by atoms with Crippen LogP contribution in [0.25, 0.3) is 0 Å². The van der Waals surface area contributed by atoms with Gasteiger partial charge in [-0.15, -0.1) is 0 Å². The maximum Gasteiger partial charge on any atom is 0.168 e. The van der Waals surface area contributed by atoms with Gasteiger partial charge < -0.3 is 0 Å². The minimum absolute atomic E-state index is 0.0255. The monoisotopic (exact) mass is 284 g/mol. The van der Waals surface area contributed by atoms with Crippen molar-refractivity contribution in [2.24, 2.45) is 5.92 Å². The van der Waals surface area contributed by atoms with Crippen LogP contribution >= 0.6 is 15.9 Å². The lowest BCUT2D eigenvalue weighted by molar-refractivity contribution is 0.0885. The fourth-order valence-corrected chi connectivity index (χ4v) is 2.63. The van der Waals surface area contributed by atoms with Crippen LogP contribution in [0, 0.1) is 11.7 Å². The second-order valence-electron chi connectivity index (χ2n) is 4.32. The van der Waals surface area contributed by atoms with E-state index in [0.29, 0.717) is 0 Å². The molecule has 1 aliphatic carbocycles. The molecular weight excluding hydrogens is 271 g/mol. The van der Waals surface area contributed by atoms with Crippen LogP contribution in [0.15, 0.2) is 22.7 Å². The van der Waals surface area contributed by atoms with Crippen molar-refractivity contribution < 1.29 is 9.18 Å². The van der Waals surface area contributed by atoms with Gasteiger partial charge in [-0.2, -0.15) is 0 Å². The smallest absolute Gasteiger partial charge is 0.168 e. The minimum atomic E-state index is -0.404. The molecule has 0 heterocycles. The van der Waals surface area contributed by atoms with Gasteiger partial charge in [0.05, 0.1) is 5.56 Å². The molecule has 0 N–H and O–H groups in total. The van der Waals surface area contributed by atoms with Crippen LogP contribution in [0.2, 0.25) is 0 Å². The topological polar surface area (TPSA) is 17.1 Å². The molecule has 0 atom stereocenters. The van der Waals surface area contributed by atoms with E-state index in [2.05, 4.69) is 15.9 Å². The summed E-state index contributed by atoms with van der Waals surface area (Å²) in [6.45, 7) is 0. The van der Waals surface area contributed by atoms with Gasteiger partial charge in [0, 0.05) is 10.4 Å². The average Bonchev–Trinajstić information content (AvgIpc) is 2.32. The van der Waals surface area contributed by atoms with Crippen LogP contribution in [0.4, 0.5) is 4.39 Å². The summed E-state index contributed by atoms with van der Waals surface area (Å²) in [5.74, 6) is -0.408. The first-order valence-electron chi connectivity index (χ1n) is 5.68. The summed E-state index contributed by atoms with van der Waals surface area (Å²) < 4.78 is 14.3. The van der Waals surface area contributed by atoms with Gasteiger partial charge in [0.2, 0.25) is 0 Å². The average molecular weight is 285 g/mol. The third-order valence-electron chi connectivity index (χ3n) is 3.17. The molecule has 1 aliphatic rings. The van der Waals surface area contributed by atoms with E-state index in [-0.39, 0.29) is 17.3 Å². The van der Waals surface area contributed by atoms with Gasteiger partial charge in [-0.3, -0.25) is 4.79 Å². The first-order chi connectivity index (χ1) is 7.68. The van der Waals surface area contributed by atoms with E-state index in [1.54, 1.807) is 12.1 Å². The summed E-state index contributed by atoms with van der Waals surface area (Å²) in [6.07, 6.45) is 5.19. The maximum atomic E-state index is 13.5. The Balaban J connectivity index is 2.22. The van der Waals surface area contributed by atoms with E-state index >= 15 is 0 Å². The largest absolute Gasteiger partial charge is 0.294 e. The maximum absolute atomic E-state index is 13.5. The Bertz CT molecular complexity index is 397. The fourth-order valence-electron chi connectivity index (χ4n) is 2.27. The predicted octanol–water partition coefficient (Wildman–Crippen LogP) is 4.35. The molecule has 0 radical (unpaired) electrons. The molecule has 0 unspecified atom stereocenters. The Morgan fingerprint density at radius 1 is 1.25 bits per heavy atom. The molecule has 1 fully saturated rings. The molecule has 0 bridgehead atoms. The highest BCUT2D eigenvalue weighted by atomic mass is 79.9. The van der Waals surface area contributed by atoms with Crippen molar-refractivity contribution in [2.75, 3.05) is 0 Å². The lowest BCUT2D eigenvalue weighted by atomic mass is 9.84. The van der Waals surface area contributed by atoms with Crippen LogP contribution in [0.3, 0.4) is 0 Å². The van der Waals surface area contributed by atoms with E-state index in [0.717, 1.165) is 30.2 Å². The van der Waals surface area contributed by atoms with Gasteiger partial charge in [0.15, 0.2) is 5.78 Å². The molecule has 1 aromatic carbocycles. The summed E-state index contributed by atoms with van der Waals surface area (Å²) in [6, 6.07) is 4.55. The highest BCUT2D eigenvalue weighted by Gasteiger charge is 2.24. The molecule has 0 aliphatic heterocycles. The fraction of sp³-hybridized carbons (Fsp3) is 0.462. The molecule has 3 heteroatoms. The molecule has 0 aromatic heterocycles. The number of rotatable bonds is 2. The van der Waals surface area contributed by atoms with Crippen molar-refractivity contribution in [2.45, 2.75) is 32.1 Å². The summed E-state index contributed by atoms with van der Waals surface area (Å²) in [5, 5.41) is 0. The molecule has 1 aromatic rings. The highest BCUT2D eigenvalue weighted by molar-refractivity contribution is 9.10. The molecule has 2 rings (SSSR count). The standard InChI is InChI=1S/C13H14BrFO/c14-10-6-7-12(15)11(8-10)13(16)9-4-2-1-3-5-9/h6-9H,1-5H2. The van der Waals surface area contributed by atoms with Crippen molar-refractivity contribution in [3.63, 3.8) is 0 Å². The van der Waals surface area contributed by atoms with Crippen LogP contribution in [-0.4, -0.2) is 5.78 Å². The van der Waals surface area contributed by atoms with Gasteiger partial charge in [-0.25, -0.2) is 4.39 Å². The SMILES string of the molecule is O=C(c1cc(Br)ccc1F)C1CCCCC1. The van der Waals surface area contributed by atoms with Crippen LogP contribution in [-0.2, 0) is 0 Å². The number of halogens is 2. The van der Waals surface area contributed by atoms with Crippen LogP contribution in [0.1, 0.15) is 42.5 Å². The van der Waals surface area contributed by atoms with Gasteiger partial charge in [-0.1, -0.05) is 35.2 Å². The number of carbonyl (C=O) groups is 1. The molecular formula is C13H14BrFO. The number of ketones is 1. The number of Topliss-reactive ketones (excluding diaryl/α,β-unsaturated/α-hetero) is 1. The van der Waals surface area contributed by atoms with Crippen molar-refractivity contribution in [3.05, 3.63) is 34.1 Å². The molecule has 86 valence electrons. The second kappa shape index (κ2) is 5.09. The third kappa shape index (κ3) is 2.51. The quantitative estimate of drug-likeness (QED) is 0.738. The van der Waals surface area contributed by atoms with Crippen molar-refractivity contribution in [1.29, 1.82) is 0 Å².